The molecule has 0 unspecified atom stereocenters. The molecule has 21 heavy (non-hydrogen) atoms. The Balaban J connectivity index is 1.97. The molecule has 1 amide bonds. The maximum atomic E-state index is 13.6. The van der Waals surface area contributed by atoms with E-state index in [-0.39, 0.29) is 17.5 Å². The SMILES string of the molecule is O=C(CC[C@H]1CCCO1)NS(=O)(=O)c1ccc(Cl)cc1F. The predicted molar refractivity (Wildman–Crippen MR) is 74.9 cm³/mol. The summed E-state index contributed by atoms with van der Waals surface area (Å²) in [7, 11) is -4.23. The third-order valence-corrected chi connectivity index (χ3v) is 4.79. The van der Waals surface area contributed by atoms with Gasteiger partial charge in [-0.15, -0.1) is 0 Å². The Morgan fingerprint density at radius 1 is 1.48 bits per heavy atom. The number of hydrogen-bond acceptors (Lipinski definition) is 4. The molecule has 5 nitrogen and oxygen atoms in total. The van der Waals surface area contributed by atoms with E-state index in [2.05, 4.69) is 0 Å². The molecule has 1 saturated heterocycles. The number of carbonyl (C=O) groups is 1. The van der Waals surface area contributed by atoms with Crippen LogP contribution in [0.1, 0.15) is 25.7 Å². The van der Waals surface area contributed by atoms with Crippen LogP contribution in [0.3, 0.4) is 0 Å². The zero-order chi connectivity index (χ0) is 15.5. The van der Waals surface area contributed by atoms with Crippen LogP contribution >= 0.6 is 11.6 Å². The highest BCUT2D eigenvalue weighted by Gasteiger charge is 2.23. The topological polar surface area (TPSA) is 72.5 Å². The van der Waals surface area contributed by atoms with Crippen molar-refractivity contribution in [1.29, 1.82) is 0 Å². The highest BCUT2D eigenvalue weighted by atomic mass is 35.5. The average molecular weight is 336 g/mol. The lowest BCUT2D eigenvalue weighted by molar-refractivity contribution is -0.119. The number of amides is 1. The lowest BCUT2D eigenvalue weighted by atomic mass is 10.1. The first-order chi connectivity index (χ1) is 9.88. The summed E-state index contributed by atoms with van der Waals surface area (Å²) < 4.78 is 44.6. The van der Waals surface area contributed by atoms with Gasteiger partial charge in [0.25, 0.3) is 10.0 Å². The van der Waals surface area contributed by atoms with Crippen LogP contribution in [0.5, 0.6) is 0 Å². The Morgan fingerprint density at radius 2 is 2.24 bits per heavy atom. The zero-order valence-corrected chi connectivity index (χ0v) is 12.7. The van der Waals surface area contributed by atoms with Crippen molar-refractivity contribution in [2.75, 3.05) is 6.61 Å². The van der Waals surface area contributed by atoms with Gasteiger partial charge >= 0.3 is 0 Å². The third-order valence-electron chi connectivity index (χ3n) is 3.15. The van der Waals surface area contributed by atoms with E-state index in [0.717, 1.165) is 25.0 Å². The second kappa shape index (κ2) is 6.72. The highest BCUT2D eigenvalue weighted by molar-refractivity contribution is 7.90. The third kappa shape index (κ3) is 4.39. The van der Waals surface area contributed by atoms with Crippen molar-refractivity contribution >= 4 is 27.5 Å². The zero-order valence-electron chi connectivity index (χ0n) is 11.1. The van der Waals surface area contributed by atoms with Crippen LogP contribution < -0.4 is 4.72 Å². The molecule has 1 aliphatic heterocycles. The van der Waals surface area contributed by atoms with Crippen LogP contribution in [0.15, 0.2) is 23.1 Å². The van der Waals surface area contributed by atoms with Crippen LogP contribution in [0.2, 0.25) is 5.02 Å². The van der Waals surface area contributed by atoms with Gasteiger partial charge < -0.3 is 4.74 Å². The lowest BCUT2D eigenvalue weighted by Gasteiger charge is -2.10. The van der Waals surface area contributed by atoms with E-state index >= 15 is 0 Å². The molecule has 0 aliphatic carbocycles. The van der Waals surface area contributed by atoms with Crippen molar-refractivity contribution in [1.82, 2.24) is 4.72 Å². The van der Waals surface area contributed by atoms with Gasteiger partial charge in [-0.1, -0.05) is 11.6 Å². The molecule has 8 heteroatoms. The summed E-state index contributed by atoms with van der Waals surface area (Å²) in [5.41, 5.74) is 0. The second-order valence-corrected chi connectivity index (χ2v) is 6.86. The fraction of sp³-hybridized carbons (Fsp3) is 0.462. The van der Waals surface area contributed by atoms with Crippen molar-refractivity contribution in [3.05, 3.63) is 29.0 Å². The van der Waals surface area contributed by atoms with Crippen molar-refractivity contribution in [3.8, 4) is 0 Å². The molecule has 0 radical (unpaired) electrons. The molecular weight excluding hydrogens is 321 g/mol. The van der Waals surface area contributed by atoms with Gasteiger partial charge in [-0.25, -0.2) is 17.5 Å². The molecule has 0 aromatic heterocycles. The summed E-state index contributed by atoms with van der Waals surface area (Å²) in [4.78, 5) is 11.1. The van der Waals surface area contributed by atoms with Crippen molar-refractivity contribution in [2.24, 2.45) is 0 Å². The summed E-state index contributed by atoms with van der Waals surface area (Å²) in [6, 6.07) is 3.15. The van der Waals surface area contributed by atoms with Crippen molar-refractivity contribution < 1.29 is 22.3 Å². The normalized spacial score (nSPS) is 18.7. The van der Waals surface area contributed by atoms with Gasteiger partial charge in [0.15, 0.2) is 0 Å². The minimum atomic E-state index is -4.23. The van der Waals surface area contributed by atoms with Gasteiger partial charge in [0.05, 0.1) is 6.10 Å². The van der Waals surface area contributed by atoms with Crippen LogP contribution in [0.4, 0.5) is 4.39 Å². The summed E-state index contributed by atoms with van der Waals surface area (Å²) in [6.07, 6.45) is 2.27. The van der Waals surface area contributed by atoms with E-state index in [4.69, 9.17) is 16.3 Å². The Labute approximate surface area is 127 Å². The highest BCUT2D eigenvalue weighted by Crippen LogP contribution is 2.20. The minimum Gasteiger partial charge on any atom is -0.378 e. The minimum absolute atomic E-state index is 0.00859. The number of halogens is 2. The number of nitrogens with one attached hydrogen (secondary N) is 1. The van der Waals surface area contributed by atoms with Gasteiger partial charge in [-0.3, -0.25) is 4.79 Å². The fourth-order valence-corrected chi connectivity index (χ4v) is 3.35. The molecule has 1 heterocycles. The largest absolute Gasteiger partial charge is 0.378 e. The first-order valence-electron chi connectivity index (χ1n) is 6.51. The van der Waals surface area contributed by atoms with Gasteiger partial charge in [-0.2, -0.15) is 0 Å². The monoisotopic (exact) mass is 335 g/mol. The number of benzene rings is 1. The van der Waals surface area contributed by atoms with Crippen molar-refractivity contribution in [3.63, 3.8) is 0 Å². The molecule has 1 aromatic carbocycles. The van der Waals surface area contributed by atoms with E-state index in [1.165, 1.54) is 6.07 Å². The standard InChI is InChI=1S/C13H15ClFNO4S/c14-9-3-5-12(11(15)8-9)21(18,19)16-13(17)6-4-10-2-1-7-20-10/h3,5,8,10H,1-2,4,6-7H2,(H,16,17)/t10-/m1/s1. The number of ether oxygens (including phenoxy) is 1. The molecule has 0 saturated carbocycles. The molecular formula is C13H15ClFNO4S. The molecule has 1 N–H and O–H groups in total. The van der Waals surface area contributed by atoms with E-state index in [0.29, 0.717) is 13.0 Å². The van der Waals surface area contributed by atoms with E-state index in [1.54, 1.807) is 0 Å². The summed E-state index contributed by atoms with van der Waals surface area (Å²) in [5, 5.41) is 0.0798. The predicted octanol–water partition coefficient (Wildman–Crippen LogP) is 2.24. The Hall–Kier alpha value is -1.18. The molecule has 1 aromatic rings. The number of carbonyl (C=O) groups excluding carboxylic acids is 1. The molecule has 1 atom stereocenters. The van der Waals surface area contributed by atoms with Gasteiger partial charge in [0.2, 0.25) is 5.91 Å². The summed E-state index contributed by atoms with van der Waals surface area (Å²) >= 11 is 5.56. The van der Waals surface area contributed by atoms with Crippen LogP contribution in [-0.4, -0.2) is 27.0 Å². The van der Waals surface area contributed by atoms with E-state index in [1.807, 2.05) is 4.72 Å². The maximum absolute atomic E-state index is 13.6. The Kier molecular flexibility index (Phi) is 5.18. The van der Waals surface area contributed by atoms with Gasteiger partial charge in [0, 0.05) is 18.1 Å². The molecule has 1 aliphatic rings. The quantitative estimate of drug-likeness (QED) is 0.895. The summed E-state index contributed by atoms with van der Waals surface area (Å²) in [5.74, 6) is -1.68. The molecule has 116 valence electrons. The Bertz CT molecular complexity index is 629. The smallest absolute Gasteiger partial charge is 0.266 e. The second-order valence-electron chi connectivity index (χ2n) is 4.78. The number of sulfonamides is 1. The number of rotatable bonds is 5. The van der Waals surface area contributed by atoms with Crippen LogP contribution in [0, 0.1) is 5.82 Å². The lowest BCUT2D eigenvalue weighted by Crippen LogP contribution is -2.31. The Morgan fingerprint density at radius 3 is 2.86 bits per heavy atom. The maximum Gasteiger partial charge on any atom is 0.266 e. The summed E-state index contributed by atoms with van der Waals surface area (Å²) in [6.45, 7) is 0.667. The molecule has 0 spiro atoms. The number of hydrogen-bond donors (Lipinski definition) is 1. The van der Waals surface area contributed by atoms with Gasteiger partial charge in [-0.05, 0) is 37.5 Å². The first kappa shape index (κ1) is 16.2. The molecule has 2 rings (SSSR count). The van der Waals surface area contributed by atoms with E-state index < -0.39 is 26.6 Å². The van der Waals surface area contributed by atoms with Gasteiger partial charge in [0.1, 0.15) is 10.7 Å². The average Bonchev–Trinajstić information content (AvgIpc) is 2.88. The molecule has 1 fully saturated rings. The van der Waals surface area contributed by atoms with Crippen LogP contribution in [-0.2, 0) is 19.6 Å². The molecule has 0 bridgehead atoms. The van der Waals surface area contributed by atoms with E-state index in [9.17, 15) is 17.6 Å². The van der Waals surface area contributed by atoms with Crippen LogP contribution in [0.25, 0.3) is 0 Å². The van der Waals surface area contributed by atoms with Crippen molar-refractivity contribution in [2.45, 2.75) is 36.7 Å². The first-order valence-corrected chi connectivity index (χ1v) is 8.37. The fourth-order valence-electron chi connectivity index (χ4n) is 2.11.